The second-order valence-corrected chi connectivity index (χ2v) is 7.40. The number of nitrogens with zero attached hydrogens (tertiary/aromatic N) is 1. The van der Waals surface area contributed by atoms with Crippen LogP contribution in [0, 0.1) is 13.8 Å². The predicted molar refractivity (Wildman–Crippen MR) is 97.0 cm³/mol. The summed E-state index contributed by atoms with van der Waals surface area (Å²) in [6.45, 7) is 2.94. The molecule has 26 heavy (non-hydrogen) atoms. The molecule has 2 aromatic rings. The number of hydrogen-bond acceptors (Lipinski definition) is 5. The molecule has 0 aliphatic carbocycles. The summed E-state index contributed by atoms with van der Waals surface area (Å²) in [4.78, 5) is 27.4. The minimum Gasteiger partial charge on any atom is -0.346 e. The maximum atomic E-state index is 12.2. The molecule has 8 nitrogen and oxygen atoms in total. The van der Waals surface area contributed by atoms with E-state index in [2.05, 4.69) is 20.3 Å². The minimum atomic E-state index is -3.80. The third-order valence-electron chi connectivity index (χ3n) is 3.60. The van der Waals surface area contributed by atoms with Gasteiger partial charge in [-0.25, -0.2) is 13.1 Å². The van der Waals surface area contributed by atoms with E-state index in [1.165, 1.54) is 18.3 Å². The van der Waals surface area contributed by atoms with E-state index in [4.69, 9.17) is 0 Å². The number of rotatable bonds is 7. The molecule has 1 aromatic carbocycles. The number of hydrogen-bond donors (Lipinski definition) is 3. The third kappa shape index (κ3) is 5.64. The Hall–Kier alpha value is -2.78. The molecule has 3 N–H and O–H groups in total. The number of carbonyl (C=O) groups excluding carboxylic acids is 2. The van der Waals surface area contributed by atoms with Gasteiger partial charge in [-0.1, -0.05) is 6.07 Å². The summed E-state index contributed by atoms with van der Waals surface area (Å²) in [5, 5.41) is 4.90. The van der Waals surface area contributed by atoms with E-state index in [1.807, 2.05) is 13.8 Å². The van der Waals surface area contributed by atoms with Crippen LogP contribution in [0.1, 0.15) is 11.1 Å². The van der Waals surface area contributed by atoms with E-state index in [9.17, 15) is 18.0 Å². The lowest BCUT2D eigenvalue weighted by Crippen LogP contribution is -2.40. The standard InChI is InChI=1S/C17H20N4O4S/c1-12-5-6-15(8-13(12)2)26(24,25)20-11-16(22)19-10-17(23)21-14-4-3-7-18-9-14/h3-9,20H,10-11H2,1-2H3,(H,19,22)(H,21,23). The molecular weight excluding hydrogens is 356 g/mol. The molecule has 0 saturated carbocycles. The van der Waals surface area contributed by atoms with E-state index < -0.39 is 28.4 Å². The number of aromatic nitrogens is 1. The average Bonchev–Trinajstić information content (AvgIpc) is 2.61. The number of anilines is 1. The molecule has 1 aromatic heterocycles. The Morgan fingerprint density at radius 3 is 2.46 bits per heavy atom. The summed E-state index contributed by atoms with van der Waals surface area (Å²) in [5.41, 5.74) is 2.31. The number of carbonyl (C=O) groups is 2. The van der Waals surface area contributed by atoms with Crippen LogP contribution in [0.2, 0.25) is 0 Å². The Bertz CT molecular complexity index is 898. The molecule has 0 aliphatic heterocycles. The van der Waals surface area contributed by atoms with Gasteiger partial charge in [0.15, 0.2) is 0 Å². The molecule has 0 atom stereocenters. The van der Waals surface area contributed by atoms with Crippen molar-refractivity contribution in [2.24, 2.45) is 0 Å². The SMILES string of the molecule is Cc1ccc(S(=O)(=O)NCC(=O)NCC(=O)Nc2cccnc2)cc1C. The number of amides is 2. The summed E-state index contributed by atoms with van der Waals surface area (Å²) >= 11 is 0. The lowest BCUT2D eigenvalue weighted by molar-refractivity contribution is -0.123. The monoisotopic (exact) mass is 376 g/mol. The Balaban J connectivity index is 1.82. The van der Waals surface area contributed by atoms with Gasteiger partial charge in [0, 0.05) is 6.20 Å². The largest absolute Gasteiger partial charge is 0.346 e. The summed E-state index contributed by atoms with van der Waals surface area (Å²) in [6.07, 6.45) is 3.04. The molecule has 0 unspecified atom stereocenters. The van der Waals surface area contributed by atoms with Crippen molar-refractivity contribution in [1.82, 2.24) is 15.0 Å². The normalized spacial score (nSPS) is 11.0. The zero-order valence-electron chi connectivity index (χ0n) is 14.4. The van der Waals surface area contributed by atoms with Crippen molar-refractivity contribution in [3.05, 3.63) is 53.9 Å². The van der Waals surface area contributed by atoms with Crippen LogP contribution >= 0.6 is 0 Å². The molecule has 0 saturated heterocycles. The van der Waals surface area contributed by atoms with E-state index in [-0.39, 0.29) is 11.4 Å². The molecule has 0 bridgehead atoms. The van der Waals surface area contributed by atoms with Crippen LogP contribution in [0.4, 0.5) is 5.69 Å². The van der Waals surface area contributed by atoms with E-state index in [0.717, 1.165) is 11.1 Å². The summed E-state index contributed by atoms with van der Waals surface area (Å²) < 4.78 is 26.6. The zero-order chi connectivity index (χ0) is 19.2. The number of benzene rings is 1. The van der Waals surface area contributed by atoms with Crippen molar-refractivity contribution in [2.75, 3.05) is 18.4 Å². The van der Waals surface area contributed by atoms with E-state index in [0.29, 0.717) is 5.69 Å². The molecule has 1 heterocycles. The molecule has 0 spiro atoms. The van der Waals surface area contributed by atoms with Gasteiger partial charge < -0.3 is 10.6 Å². The molecule has 9 heteroatoms. The third-order valence-corrected chi connectivity index (χ3v) is 5.00. The molecule has 0 aliphatic rings. The smallest absolute Gasteiger partial charge is 0.243 e. The Morgan fingerprint density at radius 1 is 1.04 bits per heavy atom. The fraction of sp³-hybridized carbons (Fsp3) is 0.235. The van der Waals surface area contributed by atoms with E-state index in [1.54, 1.807) is 24.4 Å². The highest BCUT2D eigenvalue weighted by Gasteiger charge is 2.16. The number of aryl methyl sites for hydroxylation is 2. The van der Waals surface area contributed by atoms with Crippen LogP contribution in [0.5, 0.6) is 0 Å². The zero-order valence-corrected chi connectivity index (χ0v) is 15.3. The maximum Gasteiger partial charge on any atom is 0.243 e. The lowest BCUT2D eigenvalue weighted by Gasteiger charge is -2.09. The van der Waals surface area contributed by atoms with Gasteiger partial charge >= 0.3 is 0 Å². The van der Waals surface area contributed by atoms with Crippen molar-refractivity contribution >= 4 is 27.5 Å². The van der Waals surface area contributed by atoms with Crippen LogP contribution in [-0.2, 0) is 19.6 Å². The van der Waals surface area contributed by atoms with Crippen molar-refractivity contribution in [3.63, 3.8) is 0 Å². The van der Waals surface area contributed by atoms with E-state index >= 15 is 0 Å². The Labute approximate surface area is 152 Å². The van der Waals surface area contributed by atoms with Gasteiger partial charge in [0.2, 0.25) is 21.8 Å². The van der Waals surface area contributed by atoms with Crippen molar-refractivity contribution in [1.29, 1.82) is 0 Å². The minimum absolute atomic E-state index is 0.0859. The maximum absolute atomic E-state index is 12.2. The van der Waals surface area contributed by atoms with Crippen LogP contribution < -0.4 is 15.4 Å². The quantitative estimate of drug-likeness (QED) is 0.659. The van der Waals surface area contributed by atoms with Gasteiger partial charge in [0.25, 0.3) is 0 Å². The van der Waals surface area contributed by atoms with Crippen molar-refractivity contribution in [2.45, 2.75) is 18.7 Å². The first-order valence-electron chi connectivity index (χ1n) is 7.81. The van der Waals surface area contributed by atoms with Gasteiger partial charge in [-0.3, -0.25) is 14.6 Å². The Morgan fingerprint density at radius 2 is 1.81 bits per heavy atom. The second kappa shape index (κ2) is 8.54. The molecule has 2 rings (SSSR count). The topological polar surface area (TPSA) is 117 Å². The van der Waals surface area contributed by atoms with Gasteiger partial charge in [-0.2, -0.15) is 0 Å². The highest BCUT2D eigenvalue weighted by molar-refractivity contribution is 7.89. The lowest BCUT2D eigenvalue weighted by atomic mass is 10.1. The molecule has 0 radical (unpaired) electrons. The molecular formula is C17H20N4O4S. The first-order chi connectivity index (χ1) is 12.3. The van der Waals surface area contributed by atoms with Crippen LogP contribution in [0.15, 0.2) is 47.6 Å². The molecule has 0 fully saturated rings. The number of nitrogens with one attached hydrogen (secondary N) is 3. The average molecular weight is 376 g/mol. The number of pyridine rings is 1. The van der Waals surface area contributed by atoms with Crippen molar-refractivity contribution in [3.8, 4) is 0 Å². The van der Waals surface area contributed by atoms with Gasteiger partial charge in [-0.15, -0.1) is 0 Å². The first-order valence-corrected chi connectivity index (χ1v) is 9.30. The van der Waals surface area contributed by atoms with Crippen LogP contribution in [0.25, 0.3) is 0 Å². The summed E-state index contributed by atoms with van der Waals surface area (Å²) in [6, 6.07) is 8.04. The highest BCUT2D eigenvalue weighted by Crippen LogP contribution is 2.14. The Kier molecular flexibility index (Phi) is 6.42. The molecule has 138 valence electrons. The molecule has 2 amide bonds. The van der Waals surface area contributed by atoms with Gasteiger partial charge in [0.1, 0.15) is 0 Å². The predicted octanol–water partition coefficient (Wildman–Crippen LogP) is 0.732. The van der Waals surface area contributed by atoms with Gasteiger partial charge in [-0.05, 0) is 49.2 Å². The van der Waals surface area contributed by atoms with Crippen molar-refractivity contribution < 1.29 is 18.0 Å². The summed E-state index contributed by atoms with van der Waals surface area (Å²) in [7, 11) is -3.80. The number of sulfonamides is 1. The van der Waals surface area contributed by atoms with Crippen LogP contribution in [0.3, 0.4) is 0 Å². The first kappa shape index (κ1) is 19.5. The fourth-order valence-corrected chi connectivity index (χ4v) is 3.08. The second-order valence-electron chi connectivity index (χ2n) is 5.64. The highest BCUT2D eigenvalue weighted by atomic mass is 32.2. The fourth-order valence-electron chi connectivity index (χ4n) is 2.01. The summed E-state index contributed by atoms with van der Waals surface area (Å²) in [5.74, 6) is -1.05. The van der Waals surface area contributed by atoms with Gasteiger partial charge in [0.05, 0.1) is 29.9 Å². The van der Waals surface area contributed by atoms with Crippen LogP contribution in [-0.4, -0.2) is 38.3 Å².